The topological polar surface area (TPSA) is 38.3 Å². The maximum atomic E-state index is 11.3. The third kappa shape index (κ3) is 4.41. The molecule has 76 valence electrons. The molecule has 0 radical (unpaired) electrons. The zero-order chi connectivity index (χ0) is 9.90. The molecule has 1 aliphatic rings. The second-order valence-electron chi connectivity index (χ2n) is 4.21. The van der Waals surface area contributed by atoms with Crippen molar-refractivity contribution in [1.82, 2.24) is 5.32 Å². The van der Waals surface area contributed by atoms with Crippen molar-refractivity contribution in [2.24, 2.45) is 0 Å². The molecule has 1 rings (SSSR count). The van der Waals surface area contributed by atoms with E-state index in [2.05, 4.69) is 5.32 Å². The third-order valence-electron chi connectivity index (χ3n) is 1.65. The van der Waals surface area contributed by atoms with E-state index in [1.807, 2.05) is 32.5 Å². The summed E-state index contributed by atoms with van der Waals surface area (Å²) >= 11 is 1.87. The summed E-state index contributed by atoms with van der Waals surface area (Å²) < 4.78 is 5.14. The summed E-state index contributed by atoms with van der Waals surface area (Å²) in [7, 11) is 0. The van der Waals surface area contributed by atoms with E-state index in [0.717, 1.165) is 17.9 Å². The van der Waals surface area contributed by atoms with Gasteiger partial charge in [-0.15, -0.1) is 0 Å². The Morgan fingerprint density at radius 1 is 1.54 bits per heavy atom. The van der Waals surface area contributed by atoms with Crippen LogP contribution in [0.25, 0.3) is 0 Å². The molecule has 0 aliphatic carbocycles. The number of hydrogen-bond acceptors (Lipinski definition) is 3. The van der Waals surface area contributed by atoms with Crippen LogP contribution in [0.3, 0.4) is 0 Å². The van der Waals surface area contributed by atoms with Gasteiger partial charge in [0, 0.05) is 11.8 Å². The van der Waals surface area contributed by atoms with Gasteiger partial charge < -0.3 is 10.1 Å². The molecular formula is C9H17NO2S. The SMILES string of the molecule is CC(C)(C)OC(=O)N[C@H]1CCSC1. The van der Waals surface area contributed by atoms with E-state index in [0.29, 0.717) is 6.04 Å². The molecule has 0 aromatic heterocycles. The monoisotopic (exact) mass is 203 g/mol. The van der Waals surface area contributed by atoms with Gasteiger partial charge in [-0.05, 0) is 32.9 Å². The van der Waals surface area contributed by atoms with Crippen LogP contribution in [-0.4, -0.2) is 29.2 Å². The lowest BCUT2D eigenvalue weighted by Crippen LogP contribution is -2.39. The van der Waals surface area contributed by atoms with Crippen molar-refractivity contribution in [2.45, 2.75) is 38.8 Å². The summed E-state index contributed by atoms with van der Waals surface area (Å²) in [5.74, 6) is 2.15. The predicted molar refractivity (Wildman–Crippen MR) is 55.1 cm³/mol. The van der Waals surface area contributed by atoms with Crippen LogP contribution in [-0.2, 0) is 4.74 Å². The fourth-order valence-electron chi connectivity index (χ4n) is 1.12. The van der Waals surface area contributed by atoms with E-state index >= 15 is 0 Å². The van der Waals surface area contributed by atoms with Gasteiger partial charge in [-0.3, -0.25) is 0 Å². The molecule has 3 nitrogen and oxygen atoms in total. The number of carbonyl (C=O) groups is 1. The molecule has 1 N–H and O–H groups in total. The minimum atomic E-state index is -0.393. The van der Waals surface area contributed by atoms with Gasteiger partial charge in [-0.25, -0.2) is 4.79 Å². The van der Waals surface area contributed by atoms with Crippen LogP contribution in [0.5, 0.6) is 0 Å². The van der Waals surface area contributed by atoms with Gasteiger partial charge in [0.2, 0.25) is 0 Å². The Bertz CT molecular complexity index is 183. The number of carbonyl (C=O) groups excluding carboxylic acids is 1. The molecule has 1 aliphatic heterocycles. The van der Waals surface area contributed by atoms with E-state index < -0.39 is 5.60 Å². The Balaban J connectivity index is 2.24. The van der Waals surface area contributed by atoms with Crippen molar-refractivity contribution < 1.29 is 9.53 Å². The summed E-state index contributed by atoms with van der Waals surface area (Å²) in [5.41, 5.74) is -0.393. The first-order valence-electron chi connectivity index (χ1n) is 4.54. The van der Waals surface area contributed by atoms with Gasteiger partial charge in [0.1, 0.15) is 5.60 Å². The standard InChI is InChI=1S/C9H17NO2S/c1-9(2,3)12-8(11)10-7-4-5-13-6-7/h7H,4-6H2,1-3H3,(H,10,11)/t7-/m0/s1. The Labute approximate surface area is 83.6 Å². The lowest BCUT2D eigenvalue weighted by molar-refractivity contribution is 0.0510. The first kappa shape index (κ1) is 10.7. The fraction of sp³-hybridized carbons (Fsp3) is 0.889. The van der Waals surface area contributed by atoms with Gasteiger partial charge >= 0.3 is 6.09 Å². The number of hydrogen-bond donors (Lipinski definition) is 1. The smallest absolute Gasteiger partial charge is 0.407 e. The number of nitrogens with one attached hydrogen (secondary N) is 1. The van der Waals surface area contributed by atoms with Crippen LogP contribution < -0.4 is 5.32 Å². The maximum Gasteiger partial charge on any atom is 0.407 e. The zero-order valence-electron chi connectivity index (χ0n) is 8.42. The number of ether oxygens (including phenoxy) is 1. The predicted octanol–water partition coefficient (Wildman–Crippen LogP) is 2.02. The molecule has 0 bridgehead atoms. The summed E-state index contributed by atoms with van der Waals surface area (Å²) in [6, 6.07) is 0.305. The maximum absolute atomic E-state index is 11.3. The molecule has 4 heteroatoms. The average molecular weight is 203 g/mol. The highest BCUT2D eigenvalue weighted by molar-refractivity contribution is 7.99. The first-order valence-corrected chi connectivity index (χ1v) is 5.70. The Hall–Kier alpha value is -0.380. The number of thioether (sulfide) groups is 1. The van der Waals surface area contributed by atoms with Crippen molar-refractivity contribution in [3.05, 3.63) is 0 Å². The van der Waals surface area contributed by atoms with Gasteiger partial charge in [0.25, 0.3) is 0 Å². The van der Waals surface area contributed by atoms with Crippen LogP contribution in [0.15, 0.2) is 0 Å². The first-order chi connectivity index (χ1) is 5.97. The highest BCUT2D eigenvalue weighted by atomic mass is 32.2. The minimum Gasteiger partial charge on any atom is -0.444 e. The lowest BCUT2D eigenvalue weighted by atomic mass is 10.2. The van der Waals surface area contributed by atoms with Crippen LogP contribution in [0.4, 0.5) is 4.79 Å². The summed E-state index contributed by atoms with van der Waals surface area (Å²) in [5, 5.41) is 2.85. The van der Waals surface area contributed by atoms with Crippen molar-refractivity contribution in [1.29, 1.82) is 0 Å². The highest BCUT2D eigenvalue weighted by Gasteiger charge is 2.21. The van der Waals surface area contributed by atoms with Crippen molar-refractivity contribution >= 4 is 17.9 Å². The number of rotatable bonds is 1. The van der Waals surface area contributed by atoms with Crippen LogP contribution in [0, 0.1) is 0 Å². The van der Waals surface area contributed by atoms with E-state index in [1.54, 1.807) is 0 Å². The molecule has 13 heavy (non-hydrogen) atoms. The molecule has 0 aromatic rings. The fourth-order valence-corrected chi connectivity index (χ4v) is 2.27. The minimum absolute atomic E-state index is 0.292. The Kier molecular flexibility index (Phi) is 3.47. The molecular weight excluding hydrogens is 186 g/mol. The molecule has 1 amide bonds. The van der Waals surface area contributed by atoms with Crippen LogP contribution in [0.1, 0.15) is 27.2 Å². The zero-order valence-corrected chi connectivity index (χ0v) is 9.24. The van der Waals surface area contributed by atoms with Crippen molar-refractivity contribution in [3.8, 4) is 0 Å². The molecule has 0 saturated carbocycles. The molecule has 1 atom stereocenters. The van der Waals surface area contributed by atoms with Gasteiger partial charge in [-0.2, -0.15) is 11.8 Å². The van der Waals surface area contributed by atoms with Gasteiger partial charge in [-0.1, -0.05) is 0 Å². The molecule has 0 spiro atoms. The molecule has 0 unspecified atom stereocenters. The van der Waals surface area contributed by atoms with Gasteiger partial charge in [0.15, 0.2) is 0 Å². The summed E-state index contributed by atoms with van der Waals surface area (Å²) in [6.45, 7) is 5.61. The number of alkyl carbamates (subject to hydrolysis) is 1. The van der Waals surface area contributed by atoms with E-state index in [1.165, 1.54) is 0 Å². The van der Waals surface area contributed by atoms with Crippen LogP contribution in [0.2, 0.25) is 0 Å². The molecule has 0 aromatic carbocycles. The Morgan fingerprint density at radius 2 is 2.23 bits per heavy atom. The second-order valence-corrected chi connectivity index (χ2v) is 5.36. The summed E-state index contributed by atoms with van der Waals surface area (Å²) in [4.78, 5) is 11.3. The van der Waals surface area contributed by atoms with E-state index in [-0.39, 0.29) is 6.09 Å². The van der Waals surface area contributed by atoms with Crippen LogP contribution >= 0.6 is 11.8 Å². The molecule has 1 fully saturated rings. The number of amides is 1. The summed E-state index contributed by atoms with van der Waals surface area (Å²) in [6.07, 6.45) is 0.768. The van der Waals surface area contributed by atoms with Crippen molar-refractivity contribution in [3.63, 3.8) is 0 Å². The third-order valence-corrected chi connectivity index (χ3v) is 2.81. The largest absolute Gasteiger partial charge is 0.444 e. The normalized spacial score (nSPS) is 22.8. The highest BCUT2D eigenvalue weighted by Crippen LogP contribution is 2.17. The average Bonchev–Trinajstić information content (AvgIpc) is 2.34. The van der Waals surface area contributed by atoms with Crippen molar-refractivity contribution in [2.75, 3.05) is 11.5 Å². The van der Waals surface area contributed by atoms with E-state index in [9.17, 15) is 4.79 Å². The second kappa shape index (κ2) is 4.22. The lowest BCUT2D eigenvalue weighted by Gasteiger charge is -2.21. The quantitative estimate of drug-likeness (QED) is 0.708. The van der Waals surface area contributed by atoms with Gasteiger partial charge in [0.05, 0.1) is 0 Å². The van der Waals surface area contributed by atoms with E-state index in [4.69, 9.17) is 4.74 Å². The molecule has 1 heterocycles. The molecule has 1 saturated heterocycles. The Morgan fingerprint density at radius 3 is 2.69 bits per heavy atom.